The number of unbranched alkanes of at least 4 members (excludes halogenated alkanes) is 2. The smallest absolute Gasteiger partial charge is 0.338 e. The van der Waals surface area contributed by atoms with Gasteiger partial charge in [-0.25, -0.2) is 9.59 Å². The Bertz CT molecular complexity index is 1040. The standard InChI is InChI=1S/C11H11ClN2O7.C11H13ClO3/c12-9-7-8(3-4-10(9)13(16)17)11(15)20-5-1-2-6-21-14(18)19;12-10-5-3-4-9(8-10)11(14)15-7-2-1-6-13/h3-4,7H,1-2,5-6H2;3-5,8,13H,1-2,6-7H2. The van der Waals surface area contributed by atoms with Crippen LogP contribution in [0.5, 0.6) is 0 Å². The van der Waals surface area contributed by atoms with Crippen molar-refractivity contribution in [2.24, 2.45) is 0 Å². The maximum Gasteiger partial charge on any atom is 0.338 e. The maximum atomic E-state index is 11.6. The molecule has 0 spiro atoms. The summed E-state index contributed by atoms with van der Waals surface area (Å²) in [6.45, 7) is 0.420. The van der Waals surface area contributed by atoms with E-state index in [2.05, 4.69) is 4.84 Å². The molecule has 2 aromatic rings. The average Bonchev–Trinajstić information content (AvgIpc) is 2.83. The molecule has 12 nitrogen and oxygen atoms in total. The molecule has 0 bridgehead atoms. The summed E-state index contributed by atoms with van der Waals surface area (Å²) in [6, 6.07) is 10.1. The first kappa shape index (κ1) is 30.6. The van der Waals surface area contributed by atoms with Crippen LogP contribution in [0.15, 0.2) is 42.5 Å². The Hall–Kier alpha value is -3.48. The molecule has 0 aliphatic carbocycles. The lowest BCUT2D eigenvalue weighted by Crippen LogP contribution is -2.08. The molecule has 0 radical (unpaired) electrons. The zero-order valence-corrected chi connectivity index (χ0v) is 20.5. The number of rotatable bonds is 13. The van der Waals surface area contributed by atoms with E-state index in [-0.39, 0.29) is 42.1 Å². The largest absolute Gasteiger partial charge is 0.462 e. The highest BCUT2D eigenvalue weighted by Gasteiger charge is 2.16. The van der Waals surface area contributed by atoms with E-state index < -0.39 is 16.0 Å². The van der Waals surface area contributed by atoms with E-state index >= 15 is 0 Å². The van der Waals surface area contributed by atoms with Crippen LogP contribution in [0.4, 0.5) is 5.69 Å². The number of nitrogens with zero attached hydrogens (tertiary/aromatic N) is 2. The van der Waals surface area contributed by atoms with Gasteiger partial charge in [0.05, 0.1) is 35.9 Å². The minimum absolute atomic E-state index is 0.0501. The predicted molar refractivity (Wildman–Crippen MR) is 129 cm³/mol. The van der Waals surface area contributed by atoms with Gasteiger partial charge in [0, 0.05) is 17.7 Å². The van der Waals surface area contributed by atoms with Gasteiger partial charge in [-0.15, -0.1) is 10.1 Å². The van der Waals surface area contributed by atoms with Crippen molar-refractivity contribution >= 4 is 40.8 Å². The van der Waals surface area contributed by atoms with Crippen LogP contribution in [0.25, 0.3) is 0 Å². The summed E-state index contributed by atoms with van der Waals surface area (Å²) in [5.74, 6) is -1.06. The minimum Gasteiger partial charge on any atom is -0.462 e. The molecule has 0 aromatic heterocycles. The van der Waals surface area contributed by atoms with Gasteiger partial charge in [0.15, 0.2) is 0 Å². The molecule has 2 aromatic carbocycles. The van der Waals surface area contributed by atoms with E-state index in [0.29, 0.717) is 42.9 Å². The van der Waals surface area contributed by atoms with E-state index in [0.717, 1.165) is 12.1 Å². The fourth-order valence-electron chi connectivity index (χ4n) is 2.45. The number of aliphatic hydroxyl groups is 1. The Labute approximate surface area is 215 Å². The molecule has 0 aliphatic heterocycles. The van der Waals surface area contributed by atoms with Crippen molar-refractivity contribution in [1.29, 1.82) is 0 Å². The van der Waals surface area contributed by atoms with Gasteiger partial charge in [0.1, 0.15) is 5.02 Å². The van der Waals surface area contributed by atoms with Crippen molar-refractivity contribution in [2.75, 3.05) is 26.4 Å². The second-order valence-electron chi connectivity index (χ2n) is 6.90. The lowest BCUT2D eigenvalue weighted by Gasteiger charge is -2.05. The molecule has 0 saturated carbocycles. The third-order valence-corrected chi connectivity index (χ3v) is 4.73. The van der Waals surface area contributed by atoms with Crippen LogP contribution in [-0.2, 0) is 14.3 Å². The molecule has 0 amide bonds. The van der Waals surface area contributed by atoms with Gasteiger partial charge in [0.25, 0.3) is 10.8 Å². The summed E-state index contributed by atoms with van der Waals surface area (Å²) >= 11 is 11.4. The van der Waals surface area contributed by atoms with E-state index in [1.807, 2.05) is 0 Å². The number of hydrogen-bond acceptors (Lipinski definition) is 10. The molecule has 0 fully saturated rings. The first-order valence-corrected chi connectivity index (χ1v) is 11.3. The number of carbonyl (C=O) groups excluding carboxylic acids is 2. The number of halogens is 2. The third kappa shape index (κ3) is 12.3. The van der Waals surface area contributed by atoms with Gasteiger partial charge in [-0.1, -0.05) is 29.3 Å². The van der Waals surface area contributed by atoms with Crippen LogP contribution in [0.2, 0.25) is 10.0 Å². The fraction of sp³-hybridized carbons (Fsp3) is 0.364. The van der Waals surface area contributed by atoms with Gasteiger partial charge < -0.3 is 19.4 Å². The summed E-state index contributed by atoms with van der Waals surface area (Å²) in [7, 11) is 0. The average molecular weight is 547 g/mol. The Balaban J connectivity index is 0.000000381. The molecule has 14 heteroatoms. The van der Waals surface area contributed by atoms with E-state index in [9.17, 15) is 29.8 Å². The zero-order valence-electron chi connectivity index (χ0n) is 19.0. The van der Waals surface area contributed by atoms with Crippen molar-refractivity contribution < 1.29 is 39.0 Å². The fourth-order valence-corrected chi connectivity index (χ4v) is 2.89. The predicted octanol–water partition coefficient (Wildman–Crippen LogP) is 4.66. The molecule has 0 aliphatic rings. The molecular formula is C22H24Cl2N2O10. The summed E-state index contributed by atoms with van der Waals surface area (Å²) in [6.07, 6.45) is 2.06. The number of benzene rings is 2. The Morgan fingerprint density at radius 2 is 1.42 bits per heavy atom. The number of hydrogen-bond donors (Lipinski definition) is 1. The Morgan fingerprint density at radius 1 is 0.833 bits per heavy atom. The normalized spacial score (nSPS) is 9.97. The third-order valence-electron chi connectivity index (χ3n) is 4.19. The second kappa shape index (κ2) is 17.0. The van der Waals surface area contributed by atoms with Crippen molar-refractivity contribution in [1.82, 2.24) is 0 Å². The van der Waals surface area contributed by atoms with Crippen molar-refractivity contribution in [3.63, 3.8) is 0 Å². The molecule has 0 heterocycles. The van der Waals surface area contributed by atoms with Crippen molar-refractivity contribution in [3.05, 3.63) is 83.9 Å². The van der Waals surface area contributed by atoms with Crippen LogP contribution in [0.1, 0.15) is 46.4 Å². The lowest BCUT2D eigenvalue weighted by molar-refractivity contribution is -0.757. The molecule has 1 N–H and O–H groups in total. The van der Waals surface area contributed by atoms with Gasteiger partial charge in [-0.2, -0.15) is 0 Å². The monoisotopic (exact) mass is 546 g/mol. The number of esters is 2. The van der Waals surface area contributed by atoms with Crippen molar-refractivity contribution in [3.8, 4) is 0 Å². The minimum atomic E-state index is -0.898. The Morgan fingerprint density at radius 3 is 1.94 bits per heavy atom. The summed E-state index contributed by atoms with van der Waals surface area (Å²) in [5, 5.41) is 28.4. The molecule has 196 valence electrons. The van der Waals surface area contributed by atoms with Gasteiger partial charge in [-0.05, 0) is 56.0 Å². The van der Waals surface area contributed by atoms with E-state index in [1.165, 1.54) is 6.07 Å². The zero-order chi connectivity index (χ0) is 26.9. The topological polar surface area (TPSA) is 168 Å². The van der Waals surface area contributed by atoms with Crippen LogP contribution < -0.4 is 0 Å². The molecular weight excluding hydrogens is 523 g/mol. The van der Waals surface area contributed by atoms with Gasteiger partial charge >= 0.3 is 11.9 Å². The van der Waals surface area contributed by atoms with Gasteiger partial charge in [0.2, 0.25) is 0 Å². The van der Waals surface area contributed by atoms with Crippen molar-refractivity contribution in [2.45, 2.75) is 25.7 Å². The maximum absolute atomic E-state index is 11.6. The number of nitro groups is 1. The van der Waals surface area contributed by atoms with Crippen LogP contribution in [-0.4, -0.2) is 53.5 Å². The molecule has 0 unspecified atom stereocenters. The van der Waals surface area contributed by atoms with Crippen LogP contribution in [0, 0.1) is 20.2 Å². The first-order chi connectivity index (χ1) is 17.1. The lowest BCUT2D eigenvalue weighted by atomic mass is 10.2. The highest BCUT2D eigenvalue weighted by atomic mass is 35.5. The number of ether oxygens (including phenoxy) is 2. The first-order valence-electron chi connectivity index (χ1n) is 10.6. The number of aliphatic hydroxyl groups excluding tert-OH is 1. The van der Waals surface area contributed by atoms with Crippen LogP contribution >= 0.6 is 23.2 Å². The van der Waals surface area contributed by atoms with E-state index in [4.69, 9.17) is 37.8 Å². The van der Waals surface area contributed by atoms with Gasteiger partial charge in [-0.3, -0.25) is 10.1 Å². The second-order valence-corrected chi connectivity index (χ2v) is 7.74. The molecule has 0 saturated heterocycles. The number of nitro benzene ring substituents is 1. The summed E-state index contributed by atoms with van der Waals surface area (Å²) < 4.78 is 9.87. The van der Waals surface area contributed by atoms with E-state index in [1.54, 1.807) is 24.3 Å². The molecule has 36 heavy (non-hydrogen) atoms. The molecule has 0 atom stereocenters. The number of carbonyl (C=O) groups is 2. The summed E-state index contributed by atoms with van der Waals surface area (Å²) in [5.41, 5.74) is 0.240. The van der Waals surface area contributed by atoms with Crippen LogP contribution in [0.3, 0.4) is 0 Å². The quantitative estimate of drug-likeness (QED) is 0.161. The molecule has 2 rings (SSSR count). The highest BCUT2D eigenvalue weighted by molar-refractivity contribution is 6.33. The highest BCUT2D eigenvalue weighted by Crippen LogP contribution is 2.25. The summed E-state index contributed by atoms with van der Waals surface area (Å²) in [4.78, 5) is 46.9. The Kier molecular flexibility index (Phi) is 14.5. The SMILES string of the molecule is O=C(OCCCCO)c1cccc(Cl)c1.O=C(OCCCCO[N+](=O)[O-])c1ccc([N+](=O)[O-])c(Cl)c1.